The number of nitrogens with zero attached hydrogens (tertiary/aromatic N) is 1. The fraction of sp³-hybridized carbons (Fsp3) is 0.800. The molecule has 1 aliphatic heterocycles. The first-order valence-electron chi connectivity index (χ1n) is 5.20. The van der Waals surface area contributed by atoms with Crippen LogP contribution in [0.25, 0.3) is 0 Å². The average molecular weight is 230 g/mol. The molecule has 0 aliphatic carbocycles. The Morgan fingerprint density at radius 2 is 2.00 bits per heavy atom. The normalized spacial score (nSPS) is 25.6. The summed E-state index contributed by atoms with van der Waals surface area (Å²) in [4.78, 5) is 23.8. The largest absolute Gasteiger partial charge is 0.480 e. The topological polar surface area (TPSA) is 92.9 Å². The maximum atomic E-state index is 11.7. The van der Waals surface area contributed by atoms with Crippen molar-refractivity contribution in [2.45, 2.75) is 44.9 Å². The molecular weight excluding hydrogens is 212 g/mol. The minimum Gasteiger partial charge on any atom is -0.480 e. The Hall–Kier alpha value is -1.30. The molecule has 0 aromatic heterocycles. The molecule has 6 nitrogen and oxygen atoms in total. The van der Waals surface area contributed by atoms with Crippen molar-refractivity contribution < 1.29 is 19.4 Å². The van der Waals surface area contributed by atoms with Gasteiger partial charge in [0.2, 0.25) is 0 Å². The van der Waals surface area contributed by atoms with E-state index >= 15 is 0 Å². The number of hydrogen-bond donors (Lipinski definition) is 2. The van der Waals surface area contributed by atoms with Crippen molar-refractivity contribution in [3.8, 4) is 0 Å². The maximum Gasteiger partial charge on any atom is 0.411 e. The van der Waals surface area contributed by atoms with E-state index in [9.17, 15) is 9.59 Å². The predicted octanol–water partition coefficient (Wildman–Crippen LogP) is 0.408. The van der Waals surface area contributed by atoms with Gasteiger partial charge in [-0.1, -0.05) is 0 Å². The number of ether oxygens (including phenoxy) is 1. The van der Waals surface area contributed by atoms with Crippen molar-refractivity contribution in [2.24, 2.45) is 5.73 Å². The monoisotopic (exact) mass is 230 g/mol. The molecule has 1 amide bonds. The Labute approximate surface area is 94.3 Å². The van der Waals surface area contributed by atoms with Gasteiger partial charge in [0.15, 0.2) is 0 Å². The molecule has 1 fully saturated rings. The van der Waals surface area contributed by atoms with Crippen LogP contribution in [0.15, 0.2) is 0 Å². The van der Waals surface area contributed by atoms with Crippen molar-refractivity contribution in [2.75, 3.05) is 6.54 Å². The summed E-state index contributed by atoms with van der Waals surface area (Å²) >= 11 is 0. The third kappa shape index (κ3) is 2.85. The Morgan fingerprint density at radius 3 is 2.44 bits per heavy atom. The van der Waals surface area contributed by atoms with E-state index in [4.69, 9.17) is 15.6 Å². The molecule has 0 radical (unpaired) electrons. The standard InChI is InChI=1S/C10H18N2O4/c1-10(2,3)16-9(15)12-5-4-6(11)7(12)8(13)14/h6-7H,4-5,11H2,1-3H3,(H,13,14). The molecule has 2 unspecified atom stereocenters. The van der Waals surface area contributed by atoms with E-state index in [0.29, 0.717) is 13.0 Å². The number of carboxylic acids is 1. The minimum absolute atomic E-state index is 0.326. The number of likely N-dealkylation sites (tertiary alicyclic amines) is 1. The SMILES string of the molecule is CC(C)(C)OC(=O)N1CCC(N)C1C(=O)O. The van der Waals surface area contributed by atoms with Crippen LogP contribution in [-0.2, 0) is 9.53 Å². The molecule has 0 aromatic carbocycles. The van der Waals surface area contributed by atoms with Gasteiger partial charge in [-0.3, -0.25) is 4.90 Å². The van der Waals surface area contributed by atoms with E-state index < -0.39 is 29.7 Å². The summed E-state index contributed by atoms with van der Waals surface area (Å²) in [5.41, 5.74) is 5.01. The second-order valence-corrected chi connectivity index (χ2v) is 4.91. The molecule has 1 rings (SSSR count). The van der Waals surface area contributed by atoms with E-state index in [0.717, 1.165) is 0 Å². The Morgan fingerprint density at radius 1 is 1.44 bits per heavy atom. The van der Waals surface area contributed by atoms with Crippen molar-refractivity contribution in [1.29, 1.82) is 0 Å². The highest BCUT2D eigenvalue weighted by molar-refractivity contribution is 5.81. The molecule has 6 heteroatoms. The zero-order valence-electron chi connectivity index (χ0n) is 9.77. The highest BCUT2D eigenvalue weighted by Gasteiger charge is 2.41. The second kappa shape index (κ2) is 4.29. The number of amides is 1. The van der Waals surface area contributed by atoms with E-state index in [2.05, 4.69) is 0 Å². The lowest BCUT2D eigenvalue weighted by Crippen LogP contribution is -2.49. The molecule has 0 bridgehead atoms. The second-order valence-electron chi connectivity index (χ2n) is 4.91. The molecule has 1 saturated heterocycles. The third-order valence-corrected chi connectivity index (χ3v) is 2.33. The summed E-state index contributed by atoms with van der Waals surface area (Å²) in [6.07, 6.45) is -0.135. The number of carboxylic acid groups (broad SMARTS) is 1. The molecular formula is C10H18N2O4. The van der Waals surface area contributed by atoms with Crippen LogP contribution in [-0.4, -0.2) is 46.3 Å². The molecule has 3 N–H and O–H groups in total. The minimum atomic E-state index is -1.09. The van der Waals surface area contributed by atoms with Crippen LogP contribution >= 0.6 is 0 Å². The average Bonchev–Trinajstić information content (AvgIpc) is 2.43. The van der Waals surface area contributed by atoms with Crippen LogP contribution in [0.2, 0.25) is 0 Å². The number of aliphatic carboxylic acids is 1. The quantitative estimate of drug-likeness (QED) is 0.680. The van der Waals surface area contributed by atoms with Gasteiger partial charge in [-0.05, 0) is 27.2 Å². The summed E-state index contributed by atoms with van der Waals surface area (Å²) in [5.74, 6) is -1.09. The summed E-state index contributed by atoms with van der Waals surface area (Å²) in [5, 5.41) is 8.97. The van der Waals surface area contributed by atoms with Crippen molar-refractivity contribution in [1.82, 2.24) is 4.90 Å². The molecule has 16 heavy (non-hydrogen) atoms. The number of carbonyl (C=O) groups excluding carboxylic acids is 1. The number of rotatable bonds is 1. The first kappa shape index (κ1) is 12.8. The van der Waals surface area contributed by atoms with E-state index in [1.54, 1.807) is 20.8 Å². The van der Waals surface area contributed by atoms with Crippen LogP contribution in [0.1, 0.15) is 27.2 Å². The van der Waals surface area contributed by atoms with Gasteiger partial charge >= 0.3 is 12.1 Å². The van der Waals surface area contributed by atoms with Gasteiger partial charge < -0.3 is 15.6 Å². The number of carbonyl (C=O) groups is 2. The lowest BCUT2D eigenvalue weighted by Gasteiger charge is -2.27. The first-order valence-corrected chi connectivity index (χ1v) is 5.20. The predicted molar refractivity (Wildman–Crippen MR) is 57.0 cm³/mol. The molecule has 2 atom stereocenters. The molecule has 92 valence electrons. The van der Waals surface area contributed by atoms with E-state index in [1.165, 1.54) is 4.90 Å². The molecule has 1 aliphatic rings. The van der Waals surface area contributed by atoms with Crippen LogP contribution in [0.3, 0.4) is 0 Å². The summed E-state index contributed by atoms with van der Waals surface area (Å²) in [6.45, 7) is 5.52. The summed E-state index contributed by atoms with van der Waals surface area (Å²) in [7, 11) is 0. The zero-order valence-corrected chi connectivity index (χ0v) is 9.77. The Bertz CT molecular complexity index is 298. The molecule has 1 heterocycles. The fourth-order valence-electron chi connectivity index (χ4n) is 1.66. The van der Waals surface area contributed by atoms with Crippen LogP contribution in [0.5, 0.6) is 0 Å². The maximum absolute atomic E-state index is 11.7. The van der Waals surface area contributed by atoms with Gasteiger partial charge in [-0.2, -0.15) is 0 Å². The lowest BCUT2D eigenvalue weighted by molar-refractivity contribution is -0.142. The summed E-state index contributed by atoms with van der Waals surface area (Å²) in [6, 6.07) is -1.50. The number of nitrogens with two attached hydrogens (primary N) is 1. The van der Waals surface area contributed by atoms with Crippen LogP contribution in [0.4, 0.5) is 4.79 Å². The van der Waals surface area contributed by atoms with Gasteiger partial charge in [-0.25, -0.2) is 9.59 Å². The van der Waals surface area contributed by atoms with Gasteiger partial charge in [0.1, 0.15) is 11.6 Å². The lowest BCUT2D eigenvalue weighted by atomic mass is 10.1. The fourth-order valence-corrected chi connectivity index (χ4v) is 1.66. The first-order chi connectivity index (χ1) is 7.22. The molecule has 0 spiro atoms. The Kier molecular flexibility index (Phi) is 3.42. The van der Waals surface area contributed by atoms with Gasteiger partial charge in [-0.15, -0.1) is 0 Å². The van der Waals surface area contributed by atoms with E-state index in [1.807, 2.05) is 0 Å². The van der Waals surface area contributed by atoms with Gasteiger partial charge in [0, 0.05) is 12.6 Å². The van der Waals surface area contributed by atoms with Crippen LogP contribution < -0.4 is 5.73 Å². The third-order valence-electron chi connectivity index (χ3n) is 2.33. The van der Waals surface area contributed by atoms with Gasteiger partial charge in [0.25, 0.3) is 0 Å². The highest BCUT2D eigenvalue weighted by Crippen LogP contribution is 2.20. The summed E-state index contributed by atoms with van der Waals surface area (Å²) < 4.78 is 5.12. The molecule has 0 saturated carbocycles. The van der Waals surface area contributed by atoms with Crippen molar-refractivity contribution in [3.63, 3.8) is 0 Å². The highest BCUT2D eigenvalue weighted by atomic mass is 16.6. The van der Waals surface area contributed by atoms with E-state index in [-0.39, 0.29) is 0 Å². The van der Waals surface area contributed by atoms with Crippen molar-refractivity contribution in [3.05, 3.63) is 0 Å². The Balaban J connectivity index is 2.73. The number of hydrogen-bond acceptors (Lipinski definition) is 4. The van der Waals surface area contributed by atoms with Crippen LogP contribution in [0, 0.1) is 0 Å². The van der Waals surface area contributed by atoms with Gasteiger partial charge in [0.05, 0.1) is 0 Å². The smallest absolute Gasteiger partial charge is 0.411 e. The van der Waals surface area contributed by atoms with Crippen molar-refractivity contribution >= 4 is 12.1 Å². The molecule has 0 aromatic rings. The zero-order chi connectivity index (χ0) is 12.5.